The molecule has 3 nitrogen and oxygen atoms in total. The van der Waals surface area contributed by atoms with E-state index in [9.17, 15) is 9.18 Å². The van der Waals surface area contributed by atoms with Crippen LogP contribution in [0.15, 0.2) is 22.7 Å². The second-order valence-corrected chi connectivity index (χ2v) is 3.41. The van der Waals surface area contributed by atoms with Crippen molar-refractivity contribution < 1.29 is 13.9 Å². The average molecular weight is 262 g/mol. The van der Waals surface area contributed by atoms with Gasteiger partial charge in [0.15, 0.2) is 0 Å². The van der Waals surface area contributed by atoms with E-state index in [0.29, 0.717) is 10.2 Å². The molecule has 1 aromatic carbocycles. The van der Waals surface area contributed by atoms with Crippen LogP contribution >= 0.6 is 15.9 Å². The van der Waals surface area contributed by atoms with Gasteiger partial charge in [-0.2, -0.15) is 0 Å². The largest absolute Gasteiger partial charge is 0.468 e. The summed E-state index contributed by atoms with van der Waals surface area (Å²) in [6.07, 6.45) is 0. The standard InChI is InChI=1S/C9H9BrFNO2/c1-14-9(13)5-12-8-4-6(11)2-3-7(8)10/h2-4,12H,5H2,1H3. The summed E-state index contributed by atoms with van der Waals surface area (Å²) in [4.78, 5) is 10.8. The van der Waals surface area contributed by atoms with Crippen LogP contribution in [0, 0.1) is 5.82 Å². The van der Waals surface area contributed by atoms with E-state index in [1.165, 1.54) is 19.2 Å². The van der Waals surface area contributed by atoms with Gasteiger partial charge in [0.2, 0.25) is 0 Å². The number of esters is 1. The van der Waals surface area contributed by atoms with Gasteiger partial charge in [-0.05, 0) is 34.1 Å². The number of rotatable bonds is 3. The van der Waals surface area contributed by atoms with Gasteiger partial charge in [-0.15, -0.1) is 0 Å². The van der Waals surface area contributed by atoms with Crippen molar-refractivity contribution >= 4 is 27.6 Å². The highest BCUT2D eigenvalue weighted by atomic mass is 79.9. The first-order valence-electron chi connectivity index (χ1n) is 3.89. The van der Waals surface area contributed by atoms with Gasteiger partial charge in [0, 0.05) is 4.47 Å². The molecule has 76 valence electrons. The van der Waals surface area contributed by atoms with E-state index in [4.69, 9.17) is 0 Å². The number of benzene rings is 1. The molecule has 0 saturated heterocycles. The summed E-state index contributed by atoms with van der Waals surface area (Å²) in [6, 6.07) is 4.19. The Morgan fingerprint density at radius 3 is 3.00 bits per heavy atom. The number of carbonyl (C=O) groups excluding carboxylic acids is 1. The molecule has 0 unspecified atom stereocenters. The summed E-state index contributed by atoms with van der Waals surface area (Å²) in [5.74, 6) is -0.762. The summed E-state index contributed by atoms with van der Waals surface area (Å²) in [6.45, 7) is 0.0125. The zero-order valence-electron chi connectivity index (χ0n) is 7.51. The first kappa shape index (κ1) is 11.0. The average Bonchev–Trinajstić information content (AvgIpc) is 2.19. The van der Waals surface area contributed by atoms with E-state index in [2.05, 4.69) is 26.0 Å². The number of anilines is 1. The van der Waals surface area contributed by atoms with Crippen molar-refractivity contribution in [1.29, 1.82) is 0 Å². The van der Waals surface area contributed by atoms with E-state index in [1.54, 1.807) is 6.07 Å². The zero-order chi connectivity index (χ0) is 10.6. The molecule has 0 aliphatic rings. The number of hydrogen-bond acceptors (Lipinski definition) is 3. The molecule has 0 atom stereocenters. The highest BCUT2D eigenvalue weighted by Crippen LogP contribution is 2.22. The highest BCUT2D eigenvalue weighted by molar-refractivity contribution is 9.10. The van der Waals surface area contributed by atoms with Crippen molar-refractivity contribution in [3.8, 4) is 0 Å². The van der Waals surface area contributed by atoms with Crippen molar-refractivity contribution in [2.75, 3.05) is 19.0 Å². The molecule has 0 aromatic heterocycles. The lowest BCUT2D eigenvalue weighted by Crippen LogP contribution is -2.15. The fourth-order valence-corrected chi connectivity index (χ4v) is 1.26. The van der Waals surface area contributed by atoms with E-state index >= 15 is 0 Å². The topological polar surface area (TPSA) is 38.3 Å². The summed E-state index contributed by atoms with van der Waals surface area (Å²) >= 11 is 3.22. The van der Waals surface area contributed by atoms with Gasteiger partial charge in [0.25, 0.3) is 0 Å². The molecule has 0 spiro atoms. The molecule has 0 aliphatic carbocycles. The summed E-state index contributed by atoms with van der Waals surface area (Å²) in [5.41, 5.74) is 0.524. The molecule has 0 fully saturated rings. The van der Waals surface area contributed by atoms with Crippen LogP contribution in [0.25, 0.3) is 0 Å². The maximum atomic E-state index is 12.8. The lowest BCUT2D eigenvalue weighted by atomic mass is 10.3. The third-order valence-electron chi connectivity index (χ3n) is 1.58. The molecule has 1 rings (SSSR count). The Morgan fingerprint density at radius 1 is 1.64 bits per heavy atom. The number of methoxy groups -OCH3 is 1. The first-order chi connectivity index (χ1) is 6.63. The van der Waals surface area contributed by atoms with Gasteiger partial charge in [0.1, 0.15) is 12.4 Å². The predicted octanol–water partition coefficient (Wildman–Crippen LogP) is 2.17. The molecule has 1 N–H and O–H groups in total. The Kier molecular flexibility index (Phi) is 3.88. The fourth-order valence-electron chi connectivity index (χ4n) is 0.873. The van der Waals surface area contributed by atoms with Gasteiger partial charge in [-0.1, -0.05) is 0 Å². The van der Waals surface area contributed by atoms with E-state index in [1.807, 2.05) is 0 Å². The Balaban J connectivity index is 2.66. The minimum atomic E-state index is -0.402. The number of nitrogens with one attached hydrogen (secondary N) is 1. The second-order valence-electron chi connectivity index (χ2n) is 2.55. The third kappa shape index (κ3) is 2.99. The van der Waals surface area contributed by atoms with Crippen molar-refractivity contribution in [3.63, 3.8) is 0 Å². The SMILES string of the molecule is COC(=O)CNc1cc(F)ccc1Br. The number of halogens is 2. The lowest BCUT2D eigenvalue weighted by Gasteiger charge is -2.06. The fraction of sp³-hybridized carbons (Fsp3) is 0.222. The Bertz CT molecular complexity index is 344. The minimum absolute atomic E-state index is 0.0125. The van der Waals surface area contributed by atoms with Crippen LogP contribution in [0.4, 0.5) is 10.1 Å². The van der Waals surface area contributed by atoms with Crippen LogP contribution in [-0.4, -0.2) is 19.6 Å². The maximum Gasteiger partial charge on any atom is 0.325 e. The van der Waals surface area contributed by atoms with E-state index in [-0.39, 0.29) is 12.4 Å². The molecular weight excluding hydrogens is 253 g/mol. The van der Waals surface area contributed by atoms with Crippen molar-refractivity contribution in [3.05, 3.63) is 28.5 Å². The third-order valence-corrected chi connectivity index (χ3v) is 2.27. The van der Waals surface area contributed by atoms with Gasteiger partial charge in [-0.3, -0.25) is 4.79 Å². The lowest BCUT2D eigenvalue weighted by molar-refractivity contribution is -0.138. The quantitative estimate of drug-likeness (QED) is 0.848. The summed E-state index contributed by atoms with van der Waals surface area (Å²) in [7, 11) is 1.30. The molecular formula is C9H9BrFNO2. The zero-order valence-corrected chi connectivity index (χ0v) is 9.10. The summed E-state index contributed by atoms with van der Waals surface area (Å²) in [5, 5.41) is 2.74. The van der Waals surface area contributed by atoms with Crippen molar-refractivity contribution in [2.45, 2.75) is 0 Å². The van der Waals surface area contributed by atoms with Crippen LogP contribution < -0.4 is 5.32 Å². The van der Waals surface area contributed by atoms with Crippen molar-refractivity contribution in [2.24, 2.45) is 0 Å². The van der Waals surface area contributed by atoms with Crippen LogP contribution in [-0.2, 0) is 9.53 Å². The number of carbonyl (C=O) groups is 1. The molecule has 0 bridgehead atoms. The van der Waals surface area contributed by atoms with Gasteiger partial charge in [0.05, 0.1) is 12.8 Å². The smallest absolute Gasteiger partial charge is 0.325 e. The molecule has 0 amide bonds. The molecule has 1 aromatic rings. The van der Waals surface area contributed by atoms with Crippen LogP contribution in [0.2, 0.25) is 0 Å². The number of ether oxygens (including phenoxy) is 1. The number of hydrogen-bond donors (Lipinski definition) is 1. The molecule has 0 heterocycles. The van der Waals surface area contributed by atoms with Crippen LogP contribution in [0.1, 0.15) is 0 Å². The predicted molar refractivity (Wildman–Crippen MR) is 54.6 cm³/mol. The van der Waals surface area contributed by atoms with Crippen molar-refractivity contribution in [1.82, 2.24) is 0 Å². The summed E-state index contributed by atoms with van der Waals surface area (Å²) < 4.78 is 17.9. The molecule has 0 aliphatic heterocycles. The van der Waals surface area contributed by atoms with E-state index in [0.717, 1.165) is 0 Å². The Morgan fingerprint density at radius 2 is 2.36 bits per heavy atom. The monoisotopic (exact) mass is 261 g/mol. The molecule has 0 saturated carbocycles. The van der Waals surface area contributed by atoms with E-state index < -0.39 is 5.97 Å². The van der Waals surface area contributed by atoms with Crippen LogP contribution in [0.3, 0.4) is 0 Å². The van der Waals surface area contributed by atoms with Crippen LogP contribution in [0.5, 0.6) is 0 Å². The van der Waals surface area contributed by atoms with Gasteiger partial charge < -0.3 is 10.1 Å². The normalized spacial score (nSPS) is 9.64. The molecule has 14 heavy (non-hydrogen) atoms. The Hall–Kier alpha value is -1.10. The van der Waals surface area contributed by atoms with Gasteiger partial charge in [-0.25, -0.2) is 4.39 Å². The first-order valence-corrected chi connectivity index (χ1v) is 4.68. The molecule has 0 radical (unpaired) electrons. The highest BCUT2D eigenvalue weighted by Gasteiger charge is 2.04. The minimum Gasteiger partial charge on any atom is -0.468 e. The Labute approximate surface area is 89.4 Å². The second kappa shape index (κ2) is 4.95. The molecule has 5 heteroatoms. The van der Waals surface area contributed by atoms with Gasteiger partial charge >= 0.3 is 5.97 Å². The maximum absolute atomic E-state index is 12.8.